The normalized spacial score (nSPS) is 19.6. The van der Waals surface area contributed by atoms with Crippen molar-refractivity contribution in [2.45, 2.75) is 51.9 Å². The number of dihydropyridines is 1. The Kier molecular flexibility index (Phi) is 8.92. The third-order valence-corrected chi connectivity index (χ3v) is 7.54. The molecule has 2 aliphatic rings. The van der Waals surface area contributed by atoms with Crippen molar-refractivity contribution in [3.05, 3.63) is 88.3 Å². The van der Waals surface area contributed by atoms with Gasteiger partial charge in [-0.25, -0.2) is 4.79 Å². The number of esters is 1. The Balaban J connectivity index is 1.75. The summed E-state index contributed by atoms with van der Waals surface area (Å²) in [6.07, 6.45) is 1.99. The summed E-state index contributed by atoms with van der Waals surface area (Å²) in [7, 11) is 0. The lowest BCUT2D eigenvalue weighted by molar-refractivity contribution is -0.138. The van der Waals surface area contributed by atoms with Gasteiger partial charge in [-0.2, -0.15) is 11.8 Å². The molecule has 4 rings (SSSR count). The molecule has 1 N–H and O–H groups in total. The highest BCUT2D eigenvalue weighted by atomic mass is 32.2. The van der Waals surface area contributed by atoms with E-state index >= 15 is 0 Å². The number of carbonyl (C=O) groups excluding carboxylic acids is 2. The van der Waals surface area contributed by atoms with Crippen molar-refractivity contribution in [2.75, 3.05) is 24.7 Å². The van der Waals surface area contributed by atoms with Gasteiger partial charge in [0, 0.05) is 34.7 Å². The standard InChI is InChI=1S/C30H35NO4S/c1-4-15-34-26-14-10-9-13-23(26)28-27(30(33)35-16-17-36-5-2)20(3)31-24-18-22(19-25(32)29(24)28)21-11-7-6-8-12-21/h6-14,22,28,31H,4-5,15-19H2,1-3H3. The van der Waals surface area contributed by atoms with Gasteiger partial charge in [-0.15, -0.1) is 0 Å². The van der Waals surface area contributed by atoms with Crippen molar-refractivity contribution in [3.8, 4) is 5.75 Å². The van der Waals surface area contributed by atoms with Gasteiger partial charge in [0.15, 0.2) is 5.78 Å². The van der Waals surface area contributed by atoms with Crippen LogP contribution in [-0.2, 0) is 14.3 Å². The van der Waals surface area contributed by atoms with E-state index in [1.165, 1.54) is 0 Å². The summed E-state index contributed by atoms with van der Waals surface area (Å²) in [4.78, 5) is 27.2. The lowest BCUT2D eigenvalue weighted by Crippen LogP contribution is -2.36. The SMILES string of the molecule is CCCOc1ccccc1C1C(C(=O)OCCSCC)=C(C)NC2=C1C(=O)CC(c1ccccc1)C2. The van der Waals surface area contributed by atoms with Gasteiger partial charge in [0.05, 0.1) is 18.1 Å². The van der Waals surface area contributed by atoms with Gasteiger partial charge < -0.3 is 14.8 Å². The minimum Gasteiger partial charge on any atom is -0.493 e. The monoisotopic (exact) mass is 505 g/mol. The van der Waals surface area contributed by atoms with E-state index in [0.717, 1.165) is 40.4 Å². The van der Waals surface area contributed by atoms with E-state index < -0.39 is 5.92 Å². The van der Waals surface area contributed by atoms with E-state index in [0.29, 0.717) is 43.0 Å². The van der Waals surface area contributed by atoms with Gasteiger partial charge in [-0.05, 0) is 43.1 Å². The van der Waals surface area contributed by atoms with Crippen LogP contribution in [0.15, 0.2) is 77.1 Å². The second-order valence-electron chi connectivity index (χ2n) is 9.15. The fourth-order valence-corrected chi connectivity index (χ4v) is 5.55. The molecule has 2 aromatic rings. The van der Waals surface area contributed by atoms with E-state index in [1.54, 1.807) is 11.8 Å². The second-order valence-corrected chi connectivity index (χ2v) is 10.5. The van der Waals surface area contributed by atoms with Crippen LogP contribution in [0.5, 0.6) is 5.75 Å². The fourth-order valence-electron chi connectivity index (χ4n) is 5.06. The largest absolute Gasteiger partial charge is 0.493 e. The van der Waals surface area contributed by atoms with Gasteiger partial charge in [0.25, 0.3) is 0 Å². The molecule has 1 heterocycles. The van der Waals surface area contributed by atoms with Crippen molar-refractivity contribution >= 4 is 23.5 Å². The maximum absolute atomic E-state index is 13.8. The van der Waals surface area contributed by atoms with E-state index in [4.69, 9.17) is 9.47 Å². The van der Waals surface area contributed by atoms with Crippen LogP contribution in [0.2, 0.25) is 0 Å². The Hall–Kier alpha value is -2.99. The minimum atomic E-state index is -0.523. The van der Waals surface area contributed by atoms with Crippen molar-refractivity contribution in [1.82, 2.24) is 5.32 Å². The zero-order chi connectivity index (χ0) is 25.5. The first-order valence-corrected chi connectivity index (χ1v) is 14.0. The predicted molar refractivity (Wildman–Crippen MR) is 145 cm³/mol. The first-order valence-electron chi connectivity index (χ1n) is 12.8. The third-order valence-electron chi connectivity index (χ3n) is 6.68. The molecule has 0 fully saturated rings. The van der Waals surface area contributed by atoms with E-state index in [1.807, 2.05) is 49.4 Å². The summed E-state index contributed by atoms with van der Waals surface area (Å²) in [5, 5.41) is 3.43. The first-order chi connectivity index (χ1) is 17.5. The molecule has 5 nitrogen and oxygen atoms in total. The lowest BCUT2D eigenvalue weighted by atomic mass is 9.71. The molecule has 2 aromatic carbocycles. The molecule has 0 radical (unpaired) electrons. The molecule has 0 spiro atoms. The Labute approximate surface area is 218 Å². The number of hydrogen-bond donors (Lipinski definition) is 1. The summed E-state index contributed by atoms with van der Waals surface area (Å²) in [6.45, 7) is 6.95. The molecule has 0 saturated carbocycles. The molecule has 1 aliphatic carbocycles. The van der Waals surface area contributed by atoms with Gasteiger partial charge in [-0.3, -0.25) is 4.79 Å². The highest BCUT2D eigenvalue weighted by Gasteiger charge is 2.42. The number of para-hydroxylation sites is 1. The van der Waals surface area contributed by atoms with E-state index in [-0.39, 0.29) is 17.7 Å². The second kappa shape index (κ2) is 12.3. The molecule has 0 aromatic heterocycles. The van der Waals surface area contributed by atoms with Crippen LogP contribution < -0.4 is 10.1 Å². The van der Waals surface area contributed by atoms with E-state index in [9.17, 15) is 9.59 Å². The van der Waals surface area contributed by atoms with Crippen molar-refractivity contribution < 1.29 is 19.1 Å². The number of Topliss-reactive ketones (excluding diaryl/α,β-unsaturated/α-hetero) is 1. The zero-order valence-electron chi connectivity index (χ0n) is 21.3. The molecular formula is C30H35NO4S. The topological polar surface area (TPSA) is 64.6 Å². The number of benzene rings is 2. The van der Waals surface area contributed by atoms with Gasteiger partial charge >= 0.3 is 5.97 Å². The number of nitrogens with one attached hydrogen (secondary N) is 1. The summed E-state index contributed by atoms with van der Waals surface area (Å²) in [5.41, 5.74) is 4.78. The molecule has 2 atom stereocenters. The average molecular weight is 506 g/mol. The van der Waals surface area contributed by atoms with Crippen LogP contribution in [0, 0.1) is 0 Å². The highest BCUT2D eigenvalue weighted by molar-refractivity contribution is 7.99. The Morgan fingerprint density at radius 2 is 1.78 bits per heavy atom. The van der Waals surface area contributed by atoms with E-state index in [2.05, 4.69) is 31.3 Å². The molecule has 6 heteroatoms. The Morgan fingerprint density at radius 3 is 2.53 bits per heavy atom. The number of carbonyl (C=O) groups is 2. The summed E-state index contributed by atoms with van der Waals surface area (Å²) < 4.78 is 11.8. The quantitative estimate of drug-likeness (QED) is 0.309. The van der Waals surface area contributed by atoms with Crippen LogP contribution in [0.3, 0.4) is 0 Å². The maximum Gasteiger partial charge on any atom is 0.336 e. The number of allylic oxidation sites excluding steroid dienone is 3. The minimum absolute atomic E-state index is 0.0623. The molecular weight excluding hydrogens is 470 g/mol. The Morgan fingerprint density at radius 1 is 1.03 bits per heavy atom. The fraction of sp³-hybridized carbons (Fsp3) is 0.400. The molecule has 0 amide bonds. The summed E-state index contributed by atoms with van der Waals surface area (Å²) in [6, 6.07) is 17.9. The van der Waals surface area contributed by atoms with Crippen LogP contribution in [-0.4, -0.2) is 36.5 Å². The molecule has 36 heavy (non-hydrogen) atoms. The number of ketones is 1. The van der Waals surface area contributed by atoms with Crippen molar-refractivity contribution in [1.29, 1.82) is 0 Å². The van der Waals surface area contributed by atoms with Gasteiger partial charge in [-0.1, -0.05) is 62.4 Å². The van der Waals surface area contributed by atoms with Crippen molar-refractivity contribution in [3.63, 3.8) is 0 Å². The first kappa shape index (κ1) is 26.1. The third kappa shape index (κ3) is 5.70. The molecule has 1 aliphatic heterocycles. The average Bonchev–Trinajstić information content (AvgIpc) is 2.89. The number of thioether (sulfide) groups is 1. The molecule has 190 valence electrons. The smallest absolute Gasteiger partial charge is 0.336 e. The maximum atomic E-state index is 13.8. The number of rotatable bonds is 10. The zero-order valence-corrected chi connectivity index (χ0v) is 22.2. The number of ether oxygens (including phenoxy) is 2. The van der Waals surface area contributed by atoms with Crippen molar-refractivity contribution in [2.24, 2.45) is 0 Å². The Bertz CT molecular complexity index is 1150. The summed E-state index contributed by atoms with van der Waals surface area (Å²) >= 11 is 1.73. The number of hydrogen-bond acceptors (Lipinski definition) is 6. The van der Waals surface area contributed by atoms with Gasteiger partial charge in [0.1, 0.15) is 12.4 Å². The lowest BCUT2D eigenvalue weighted by Gasteiger charge is -2.37. The van der Waals surface area contributed by atoms with Crippen LogP contribution in [0.4, 0.5) is 0 Å². The molecule has 0 saturated heterocycles. The molecule has 0 bridgehead atoms. The molecule has 2 unspecified atom stereocenters. The van der Waals surface area contributed by atoms with Crippen LogP contribution in [0.1, 0.15) is 63.0 Å². The van der Waals surface area contributed by atoms with Gasteiger partial charge in [0.2, 0.25) is 0 Å². The summed E-state index contributed by atoms with van der Waals surface area (Å²) in [5.74, 6) is 1.68. The predicted octanol–water partition coefficient (Wildman–Crippen LogP) is 6.13. The highest BCUT2D eigenvalue weighted by Crippen LogP contribution is 2.47. The van der Waals surface area contributed by atoms with Crippen LogP contribution >= 0.6 is 11.8 Å². The van der Waals surface area contributed by atoms with Crippen LogP contribution in [0.25, 0.3) is 0 Å².